The smallest absolute Gasteiger partial charge is 0.349 e. The lowest BCUT2D eigenvalue weighted by molar-refractivity contribution is -0.941. The minimum Gasteiger partial charge on any atom is -1.00 e. The third kappa shape index (κ3) is 3.71. The van der Waals surface area contributed by atoms with E-state index in [-0.39, 0.29) is 23.1 Å². The molecule has 1 aromatic heterocycles. The summed E-state index contributed by atoms with van der Waals surface area (Å²) in [5, 5.41) is 13.4. The number of fused-ring (bicyclic) bond motifs is 3. The molecule has 5 rings (SSSR count). The number of carbonyl (C=O) groups is 1. The van der Waals surface area contributed by atoms with Crippen LogP contribution in [0.4, 0.5) is 0 Å². The highest BCUT2D eigenvalue weighted by Crippen LogP contribution is 2.39. The predicted molar refractivity (Wildman–Crippen MR) is 106 cm³/mol. The number of aliphatic hydroxyl groups is 1. The summed E-state index contributed by atoms with van der Waals surface area (Å²) in [5.41, 5.74) is -1.21. The molecule has 150 valence electrons. The van der Waals surface area contributed by atoms with E-state index in [2.05, 4.69) is 6.58 Å². The van der Waals surface area contributed by atoms with Crippen molar-refractivity contribution in [1.82, 2.24) is 0 Å². The van der Waals surface area contributed by atoms with E-state index in [9.17, 15) is 9.90 Å². The number of ether oxygens (including phenoxy) is 1. The van der Waals surface area contributed by atoms with Gasteiger partial charge in [-0.05, 0) is 17.5 Å². The normalized spacial score (nSPS) is 28.0. The number of carbonyl (C=O) groups excluding carboxylic acids is 1. The van der Waals surface area contributed by atoms with Crippen molar-refractivity contribution in [3.63, 3.8) is 0 Å². The van der Waals surface area contributed by atoms with Crippen molar-refractivity contribution in [2.24, 2.45) is 5.92 Å². The molecule has 1 unspecified atom stereocenters. The third-order valence-corrected chi connectivity index (χ3v) is 7.16. The fourth-order valence-corrected chi connectivity index (χ4v) is 5.46. The lowest BCUT2D eigenvalue weighted by atomic mass is 9.83. The van der Waals surface area contributed by atoms with Crippen LogP contribution < -0.4 is 17.0 Å². The van der Waals surface area contributed by atoms with Gasteiger partial charge in [0.25, 0.3) is 0 Å². The quantitative estimate of drug-likeness (QED) is 0.381. The Morgan fingerprint density at radius 3 is 2.57 bits per heavy atom. The number of benzene rings is 1. The summed E-state index contributed by atoms with van der Waals surface area (Å²) in [4.78, 5) is 13.9. The molecule has 4 nitrogen and oxygen atoms in total. The highest BCUT2D eigenvalue weighted by Gasteiger charge is 2.50. The van der Waals surface area contributed by atoms with Crippen molar-refractivity contribution in [1.29, 1.82) is 0 Å². The van der Waals surface area contributed by atoms with Crippen LogP contribution in [-0.4, -0.2) is 47.8 Å². The van der Waals surface area contributed by atoms with Crippen molar-refractivity contribution < 1.29 is 36.1 Å². The zero-order valence-electron chi connectivity index (χ0n) is 15.8. The Hall–Kier alpha value is -1.47. The van der Waals surface area contributed by atoms with Crippen LogP contribution in [0.1, 0.15) is 23.3 Å². The molecule has 0 aliphatic carbocycles. The predicted octanol–water partition coefficient (Wildman–Crippen LogP) is 0.326. The van der Waals surface area contributed by atoms with Gasteiger partial charge in [0.2, 0.25) is 5.60 Å². The molecular formula is C22H26BrNO3S. The number of hydrogen-bond donors (Lipinski definition) is 1. The summed E-state index contributed by atoms with van der Waals surface area (Å²) in [5.74, 6) is -0.172. The summed E-state index contributed by atoms with van der Waals surface area (Å²) in [6.45, 7) is 7.88. The van der Waals surface area contributed by atoms with Crippen molar-refractivity contribution in [3.8, 4) is 0 Å². The lowest BCUT2D eigenvalue weighted by Gasteiger charge is -2.51. The highest BCUT2D eigenvalue weighted by molar-refractivity contribution is 7.10. The Labute approximate surface area is 180 Å². The summed E-state index contributed by atoms with van der Waals surface area (Å²) < 4.78 is 6.95. The number of quaternary nitrogens is 1. The second-order valence-electron chi connectivity index (χ2n) is 7.78. The van der Waals surface area contributed by atoms with E-state index in [0.29, 0.717) is 16.4 Å². The molecule has 2 atom stereocenters. The Morgan fingerprint density at radius 1 is 1.25 bits per heavy atom. The largest absolute Gasteiger partial charge is 1.00 e. The van der Waals surface area contributed by atoms with Gasteiger partial charge in [-0.2, -0.15) is 0 Å². The Kier molecular flexibility index (Phi) is 6.44. The van der Waals surface area contributed by atoms with Gasteiger partial charge in [0.05, 0.1) is 24.5 Å². The van der Waals surface area contributed by atoms with Crippen LogP contribution in [0.25, 0.3) is 0 Å². The molecule has 4 heterocycles. The third-order valence-electron chi connectivity index (χ3n) is 6.18. The van der Waals surface area contributed by atoms with Crippen molar-refractivity contribution in [2.75, 3.05) is 26.2 Å². The van der Waals surface area contributed by atoms with Gasteiger partial charge < -0.3 is 31.3 Å². The van der Waals surface area contributed by atoms with Crippen LogP contribution in [0, 0.1) is 5.92 Å². The minimum atomic E-state index is -1.76. The Balaban J connectivity index is 0.00000225. The van der Waals surface area contributed by atoms with E-state index in [1.165, 1.54) is 11.3 Å². The zero-order chi connectivity index (χ0) is 18.9. The van der Waals surface area contributed by atoms with Gasteiger partial charge >= 0.3 is 5.97 Å². The fourth-order valence-electron chi connectivity index (χ4n) is 4.63. The van der Waals surface area contributed by atoms with Crippen LogP contribution in [0.15, 0.2) is 60.5 Å². The lowest BCUT2D eigenvalue weighted by Crippen LogP contribution is -3.00. The van der Waals surface area contributed by atoms with E-state index in [4.69, 9.17) is 4.74 Å². The maximum absolute atomic E-state index is 13.3. The second-order valence-corrected chi connectivity index (χ2v) is 8.73. The molecular weight excluding hydrogens is 438 g/mol. The molecule has 0 radical (unpaired) electrons. The molecule has 28 heavy (non-hydrogen) atoms. The summed E-state index contributed by atoms with van der Waals surface area (Å²) in [6, 6.07) is 12.7. The van der Waals surface area contributed by atoms with Crippen LogP contribution in [0.2, 0.25) is 0 Å². The van der Waals surface area contributed by atoms with E-state index in [0.717, 1.165) is 43.5 Å². The van der Waals surface area contributed by atoms with Gasteiger partial charge in [0, 0.05) is 24.3 Å². The minimum absolute atomic E-state index is 0. The summed E-state index contributed by atoms with van der Waals surface area (Å²) in [6.07, 6.45) is 3.95. The van der Waals surface area contributed by atoms with Crippen molar-refractivity contribution in [3.05, 3.63) is 70.9 Å². The molecule has 1 aromatic carbocycles. The number of rotatable bonds is 6. The van der Waals surface area contributed by atoms with Gasteiger partial charge in [-0.1, -0.05) is 43.0 Å². The highest BCUT2D eigenvalue weighted by atomic mass is 79.9. The maximum atomic E-state index is 13.3. The number of halogens is 1. The summed E-state index contributed by atoms with van der Waals surface area (Å²) in [7, 11) is 0. The number of esters is 1. The van der Waals surface area contributed by atoms with Crippen LogP contribution in [0.5, 0.6) is 0 Å². The molecule has 0 spiro atoms. The molecule has 3 aliphatic heterocycles. The molecule has 6 heteroatoms. The standard InChI is InChI=1S/C22H26NO3S.BrH/c1-2-12-23-13-10-17(11-14-23)19(16-23)26-21(24)22(25,20-9-6-15-27-20)18-7-4-3-5-8-18;/h2-9,15,17,19,25H,1,10-14,16H2;1H/q+1;/p-1/t17?,19-,22?,23?;/m0./s1. The topological polar surface area (TPSA) is 46.5 Å². The zero-order valence-corrected chi connectivity index (χ0v) is 18.2. The molecule has 3 fully saturated rings. The van der Waals surface area contributed by atoms with Crippen LogP contribution in [-0.2, 0) is 15.1 Å². The van der Waals surface area contributed by atoms with Gasteiger partial charge in [0.15, 0.2) is 6.10 Å². The van der Waals surface area contributed by atoms with E-state index < -0.39 is 11.6 Å². The van der Waals surface area contributed by atoms with Crippen LogP contribution >= 0.6 is 11.3 Å². The molecule has 1 N–H and O–H groups in total. The van der Waals surface area contributed by atoms with Gasteiger partial charge in [-0.3, -0.25) is 0 Å². The van der Waals surface area contributed by atoms with Crippen molar-refractivity contribution in [2.45, 2.75) is 24.5 Å². The molecule has 3 aliphatic rings. The molecule has 0 amide bonds. The van der Waals surface area contributed by atoms with E-state index in [1.54, 1.807) is 18.2 Å². The first-order chi connectivity index (χ1) is 13.1. The average Bonchev–Trinajstić information content (AvgIpc) is 3.24. The number of piperidine rings is 3. The molecule has 0 saturated carbocycles. The van der Waals surface area contributed by atoms with E-state index in [1.807, 2.05) is 35.7 Å². The Bertz CT molecular complexity index is 802. The van der Waals surface area contributed by atoms with Gasteiger partial charge in [-0.25, -0.2) is 4.79 Å². The average molecular weight is 464 g/mol. The van der Waals surface area contributed by atoms with Gasteiger partial charge in [0.1, 0.15) is 6.54 Å². The summed E-state index contributed by atoms with van der Waals surface area (Å²) >= 11 is 1.37. The van der Waals surface area contributed by atoms with Crippen molar-refractivity contribution >= 4 is 17.3 Å². The molecule has 3 saturated heterocycles. The monoisotopic (exact) mass is 463 g/mol. The van der Waals surface area contributed by atoms with Crippen LogP contribution in [0.3, 0.4) is 0 Å². The number of nitrogens with zero attached hydrogens (tertiary/aromatic N) is 1. The maximum Gasteiger partial charge on any atom is 0.349 e. The number of hydrogen-bond acceptors (Lipinski definition) is 4. The molecule has 2 aromatic rings. The fraction of sp³-hybridized carbons (Fsp3) is 0.409. The Morgan fingerprint density at radius 2 is 1.96 bits per heavy atom. The van der Waals surface area contributed by atoms with E-state index >= 15 is 0 Å². The first-order valence-corrected chi connectivity index (χ1v) is 10.4. The van der Waals surface area contributed by atoms with Gasteiger partial charge in [-0.15, -0.1) is 11.3 Å². The molecule has 2 bridgehead atoms. The first-order valence-electron chi connectivity index (χ1n) is 9.56. The number of thiophene rings is 1. The second kappa shape index (κ2) is 8.49. The SMILES string of the molecule is C=CC[N+]12CCC(CC1)[C@@H](OC(=O)C(O)(c1ccccc1)c1cccs1)C2.[Br-]. The first kappa shape index (κ1) is 21.2.